The number of carbonyl (C=O) groups is 2. The molecule has 1 amide bonds. The summed E-state index contributed by atoms with van der Waals surface area (Å²) in [6.45, 7) is 2.03. The first kappa shape index (κ1) is 17.4. The number of carbonyl (C=O) groups excluding carboxylic acids is 1. The molecular weight excluding hydrogens is 336 g/mol. The third-order valence-corrected chi connectivity index (χ3v) is 4.91. The number of rotatable bonds is 6. The second kappa shape index (κ2) is 7.61. The van der Waals surface area contributed by atoms with E-state index in [1.807, 2.05) is 41.9 Å². The lowest BCUT2D eigenvalue weighted by molar-refractivity contribution is -0.137. The van der Waals surface area contributed by atoms with Gasteiger partial charge in [-0.25, -0.2) is 5.01 Å². The summed E-state index contributed by atoms with van der Waals surface area (Å²) in [6, 6.07) is 9.98. The van der Waals surface area contributed by atoms with Gasteiger partial charge in [-0.1, -0.05) is 29.8 Å². The van der Waals surface area contributed by atoms with Gasteiger partial charge in [-0.3, -0.25) is 9.59 Å². The van der Waals surface area contributed by atoms with Gasteiger partial charge in [0.05, 0.1) is 11.8 Å². The van der Waals surface area contributed by atoms with Crippen LogP contribution in [0.15, 0.2) is 46.2 Å². The maximum Gasteiger partial charge on any atom is 0.303 e. The van der Waals surface area contributed by atoms with Gasteiger partial charge in [0.15, 0.2) is 0 Å². The van der Waals surface area contributed by atoms with Crippen LogP contribution in [-0.4, -0.2) is 27.7 Å². The standard InChI is InChI=1S/C19H20N2O3S/c1-13-4-2-5-14(10-13)17-11-16(15-8-9-25-12-15)20-21(17)18(22)6-3-7-19(23)24/h2,4-5,8-10,12,17H,3,6-7,11H2,1H3,(H,23,24)/t17-/m1/s1. The third kappa shape index (κ3) is 4.14. The molecule has 25 heavy (non-hydrogen) atoms. The first-order valence-corrected chi connectivity index (χ1v) is 9.19. The van der Waals surface area contributed by atoms with E-state index in [9.17, 15) is 9.59 Å². The highest BCUT2D eigenvalue weighted by Gasteiger charge is 2.32. The summed E-state index contributed by atoms with van der Waals surface area (Å²) in [5.74, 6) is -1.01. The Labute approximate surface area is 150 Å². The molecule has 1 atom stereocenters. The van der Waals surface area contributed by atoms with Crippen molar-refractivity contribution in [3.8, 4) is 0 Å². The summed E-state index contributed by atoms with van der Waals surface area (Å²) in [7, 11) is 0. The van der Waals surface area contributed by atoms with Crippen LogP contribution < -0.4 is 0 Å². The van der Waals surface area contributed by atoms with E-state index < -0.39 is 5.97 Å². The molecule has 0 saturated carbocycles. The number of nitrogens with zero attached hydrogens (tertiary/aromatic N) is 2. The molecule has 5 nitrogen and oxygen atoms in total. The fourth-order valence-electron chi connectivity index (χ4n) is 2.99. The van der Waals surface area contributed by atoms with E-state index in [1.165, 1.54) is 0 Å². The van der Waals surface area contributed by atoms with Gasteiger partial charge in [-0.2, -0.15) is 16.4 Å². The zero-order valence-corrected chi connectivity index (χ0v) is 14.8. The monoisotopic (exact) mass is 356 g/mol. The average molecular weight is 356 g/mol. The molecule has 1 aromatic heterocycles. The summed E-state index contributed by atoms with van der Waals surface area (Å²) in [5.41, 5.74) is 4.14. The smallest absolute Gasteiger partial charge is 0.303 e. The zero-order valence-electron chi connectivity index (χ0n) is 14.0. The molecule has 1 aliphatic rings. The van der Waals surface area contributed by atoms with E-state index in [1.54, 1.807) is 16.3 Å². The lowest BCUT2D eigenvalue weighted by Gasteiger charge is -2.22. The summed E-state index contributed by atoms with van der Waals surface area (Å²) in [6.07, 6.45) is 1.18. The molecule has 3 rings (SSSR count). The van der Waals surface area contributed by atoms with Gasteiger partial charge in [-0.15, -0.1) is 0 Å². The molecule has 2 heterocycles. The number of amides is 1. The van der Waals surface area contributed by atoms with E-state index in [2.05, 4.69) is 11.2 Å². The molecular formula is C19H20N2O3S. The molecule has 0 spiro atoms. The topological polar surface area (TPSA) is 70.0 Å². The highest BCUT2D eigenvalue weighted by molar-refractivity contribution is 7.08. The predicted molar refractivity (Wildman–Crippen MR) is 97.7 cm³/mol. The molecule has 1 aliphatic heterocycles. The lowest BCUT2D eigenvalue weighted by atomic mass is 9.98. The minimum atomic E-state index is -0.882. The Morgan fingerprint density at radius 2 is 2.16 bits per heavy atom. The van der Waals surface area contributed by atoms with E-state index in [0.29, 0.717) is 12.8 Å². The normalized spacial score (nSPS) is 16.8. The van der Waals surface area contributed by atoms with Crippen molar-refractivity contribution in [1.29, 1.82) is 0 Å². The van der Waals surface area contributed by atoms with Crippen LogP contribution in [0.5, 0.6) is 0 Å². The van der Waals surface area contributed by atoms with Crippen LogP contribution in [-0.2, 0) is 9.59 Å². The van der Waals surface area contributed by atoms with E-state index >= 15 is 0 Å². The Kier molecular flexibility index (Phi) is 5.28. The molecule has 2 aromatic rings. The van der Waals surface area contributed by atoms with Crippen molar-refractivity contribution >= 4 is 28.9 Å². The van der Waals surface area contributed by atoms with Crippen LogP contribution in [0.2, 0.25) is 0 Å². The first-order valence-electron chi connectivity index (χ1n) is 8.25. The minimum Gasteiger partial charge on any atom is -0.481 e. The predicted octanol–water partition coefficient (Wildman–Crippen LogP) is 3.99. The summed E-state index contributed by atoms with van der Waals surface area (Å²) >= 11 is 1.60. The van der Waals surface area contributed by atoms with Gasteiger partial charge in [0.25, 0.3) is 0 Å². The van der Waals surface area contributed by atoms with Crippen LogP contribution in [0.1, 0.15) is 48.4 Å². The number of aliphatic carboxylic acids is 1. The van der Waals surface area contributed by atoms with Gasteiger partial charge < -0.3 is 5.11 Å². The molecule has 0 aliphatic carbocycles. The van der Waals surface area contributed by atoms with Crippen LogP contribution in [0.25, 0.3) is 0 Å². The van der Waals surface area contributed by atoms with Gasteiger partial charge in [0.1, 0.15) is 0 Å². The quantitative estimate of drug-likeness (QED) is 0.851. The highest BCUT2D eigenvalue weighted by Crippen LogP contribution is 2.34. The SMILES string of the molecule is Cc1cccc([C@H]2CC(c3ccsc3)=NN2C(=O)CCCC(=O)O)c1. The second-order valence-corrected chi connectivity index (χ2v) is 6.96. The van der Waals surface area contributed by atoms with Crippen molar-refractivity contribution in [2.45, 2.75) is 38.6 Å². The van der Waals surface area contributed by atoms with Crippen LogP contribution in [0.3, 0.4) is 0 Å². The molecule has 130 valence electrons. The summed E-state index contributed by atoms with van der Waals surface area (Å²) in [5, 5.41) is 18.9. The van der Waals surface area contributed by atoms with E-state index in [0.717, 1.165) is 22.4 Å². The molecule has 0 bridgehead atoms. The Morgan fingerprint density at radius 3 is 2.84 bits per heavy atom. The number of thiophene rings is 1. The fourth-order valence-corrected chi connectivity index (χ4v) is 3.65. The Balaban J connectivity index is 1.83. The van der Waals surface area contributed by atoms with Gasteiger partial charge in [0.2, 0.25) is 5.91 Å². The van der Waals surface area contributed by atoms with E-state index in [-0.39, 0.29) is 24.8 Å². The van der Waals surface area contributed by atoms with Crippen LogP contribution in [0.4, 0.5) is 0 Å². The summed E-state index contributed by atoms with van der Waals surface area (Å²) < 4.78 is 0. The van der Waals surface area contributed by atoms with Crippen molar-refractivity contribution in [3.05, 3.63) is 57.8 Å². The van der Waals surface area contributed by atoms with Crippen LogP contribution >= 0.6 is 11.3 Å². The highest BCUT2D eigenvalue weighted by atomic mass is 32.1. The van der Waals surface area contributed by atoms with Crippen molar-refractivity contribution < 1.29 is 14.7 Å². The maximum atomic E-state index is 12.6. The first-order chi connectivity index (χ1) is 12.0. The van der Waals surface area contributed by atoms with Gasteiger partial charge in [0, 0.05) is 24.8 Å². The molecule has 0 unspecified atom stereocenters. The number of hydrogen-bond acceptors (Lipinski definition) is 4. The number of aryl methyl sites for hydroxylation is 1. The second-order valence-electron chi connectivity index (χ2n) is 6.18. The summed E-state index contributed by atoms with van der Waals surface area (Å²) in [4.78, 5) is 23.3. The molecule has 0 fully saturated rings. The lowest BCUT2D eigenvalue weighted by Crippen LogP contribution is -2.27. The fraction of sp³-hybridized carbons (Fsp3) is 0.316. The number of hydrogen-bond donors (Lipinski definition) is 1. The minimum absolute atomic E-state index is 0.00417. The molecule has 1 N–H and O–H groups in total. The Morgan fingerprint density at radius 1 is 1.32 bits per heavy atom. The Hall–Kier alpha value is -2.47. The van der Waals surface area contributed by atoms with Gasteiger partial charge >= 0.3 is 5.97 Å². The van der Waals surface area contributed by atoms with Crippen molar-refractivity contribution in [2.75, 3.05) is 0 Å². The number of hydrazone groups is 1. The molecule has 0 saturated heterocycles. The molecule has 1 aromatic carbocycles. The Bertz CT molecular complexity index is 799. The maximum absolute atomic E-state index is 12.6. The van der Waals surface area contributed by atoms with Crippen LogP contribution in [0, 0.1) is 6.92 Å². The average Bonchev–Trinajstić information content (AvgIpc) is 3.24. The van der Waals surface area contributed by atoms with Gasteiger partial charge in [-0.05, 0) is 35.7 Å². The number of carboxylic acid groups (broad SMARTS) is 1. The number of benzene rings is 1. The largest absolute Gasteiger partial charge is 0.481 e. The molecule has 0 radical (unpaired) electrons. The third-order valence-electron chi connectivity index (χ3n) is 4.23. The van der Waals surface area contributed by atoms with Crippen molar-refractivity contribution in [2.24, 2.45) is 5.10 Å². The zero-order chi connectivity index (χ0) is 17.8. The van der Waals surface area contributed by atoms with Crippen molar-refractivity contribution in [3.63, 3.8) is 0 Å². The van der Waals surface area contributed by atoms with Crippen molar-refractivity contribution in [1.82, 2.24) is 5.01 Å². The molecule has 6 heteroatoms. The number of carboxylic acids is 1. The van der Waals surface area contributed by atoms with E-state index in [4.69, 9.17) is 5.11 Å².